The third-order valence-corrected chi connectivity index (χ3v) is 5.76. The Balaban J connectivity index is 1.77. The fourth-order valence-electron chi connectivity index (χ4n) is 3.90. The lowest BCUT2D eigenvalue weighted by molar-refractivity contribution is -0.0964. The van der Waals surface area contributed by atoms with Crippen molar-refractivity contribution >= 4 is 15.9 Å². The smallest absolute Gasteiger partial charge is 0.0685 e. The van der Waals surface area contributed by atoms with Crippen molar-refractivity contribution in [3.05, 3.63) is 33.8 Å². The summed E-state index contributed by atoms with van der Waals surface area (Å²) < 4.78 is 7.27. The average molecular weight is 338 g/mol. The van der Waals surface area contributed by atoms with Gasteiger partial charge >= 0.3 is 0 Å². The largest absolute Gasteiger partial charge is 0.375 e. The van der Waals surface area contributed by atoms with E-state index in [4.69, 9.17) is 10.5 Å². The second-order valence-electron chi connectivity index (χ2n) is 6.54. The van der Waals surface area contributed by atoms with Gasteiger partial charge in [0.15, 0.2) is 0 Å². The van der Waals surface area contributed by atoms with Crippen LogP contribution in [0.3, 0.4) is 0 Å². The van der Waals surface area contributed by atoms with Crippen LogP contribution in [0.15, 0.2) is 22.7 Å². The molecular weight excluding hydrogens is 314 g/mol. The topological polar surface area (TPSA) is 35.2 Å². The van der Waals surface area contributed by atoms with Crippen LogP contribution in [0.25, 0.3) is 0 Å². The highest BCUT2D eigenvalue weighted by Crippen LogP contribution is 2.45. The minimum Gasteiger partial charge on any atom is -0.375 e. The Morgan fingerprint density at radius 2 is 2.10 bits per heavy atom. The molecule has 0 radical (unpaired) electrons. The molecule has 2 N–H and O–H groups in total. The number of aryl methyl sites for hydroxylation is 1. The molecule has 1 saturated carbocycles. The van der Waals surface area contributed by atoms with Gasteiger partial charge in [-0.2, -0.15) is 0 Å². The molecule has 0 aromatic heterocycles. The van der Waals surface area contributed by atoms with Gasteiger partial charge in [0, 0.05) is 17.1 Å². The second-order valence-corrected chi connectivity index (χ2v) is 7.40. The molecular formula is C17H24BrNO. The van der Waals surface area contributed by atoms with Crippen molar-refractivity contribution in [3.63, 3.8) is 0 Å². The minimum atomic E-state index is 0.117. The lowest BCUT2D eigenvalue weighted by Crippen LogP contribution is -2.40. The lowest BCUT2D eigenvalue weighted by atomic mass is 9.79. The summed E-state index contributed by atoms with van der Waals surface area (Å²) in [4.78, 5) is 0. The van der Waals surface area contributed by atoms with Crippen LogP contribution in [-0.2, 0) is 4.74 Å². The van der Waals surface area contributed by atoms with Crippen molar-refractivity contribution in [2.24, 2.45) is 11.7 Å². The lowest BCUT2D eigenvalue weighted by Gasteiger charge is -2.40. The molecule has 0 amide bonds. The van der Waals surface area contributed by atoms with Gasteiger partial charge in [-0.3, -0.25) is 0 Å². The Morgan fingerprint density at radius 3 is 2.80 bits per heavy atom. The summed E-state index contributed by atoms with van der Waals surface area (Å²) in [7, 11) is 0. The maximum atomic E-state index is 6.59. The van der Waals surface area contributed by atoms with Gasteiger partial charge in [-0.1, -0.05) is 40.9 Å². The Labute approximate surface area is 130 Å². The molecule has 1 aliphatic carbocycles. The van der Waals surface area contributed by atoms with Crippen molar-refractivity contribution in [1.82, 2.24) is 0 Å². The van der Waals surface area contributed by atoms with E-state index in [1.54, 1.807) is 0 Å². The number of ether oxygens (including phenoxy) is 1. The van der Waals surface area contributed by atoms with E-state index in [-0.39, 0.29) is 11.6 Å². The fraction of sp³-hybridized carbons (Fsp3) is 0.647. The fourth-order valence-corrected chi connectivity index (χ4v) is 4.65. The Bertz CT molecular complexity index is 482. The van der Waals surface area contributed by atoms with Gasteiger partial charge in [0.05, 0.1) is 5.60 Å². The molecule has 1 aromatic carbocycles. The third kappa shape index (κ3) is 2.81. The number of benzene rings is 1. The van der Waals surface area contributed by atoms with E-state index >= 15 is 0 Å². The van der Waals surface area contributed by atoms with Gasteiger partial charge in [0.2, 0.25) is 0 Å². The quantitative estimate of drug-likeness (QED) is 0.862. The Hall–Kier alpha value is -0.380. The van der Waals surface area contributed by atoms with E-state index in [9.17, 15) is 0 Å². The summed E-state index contributed by atoms with van der Waals surface area (Å²) in [6.07, 6.45) is 7.31. The highest BCUT2D eigenvalue weighted by Gasteiger charge is 2.41. The number of nitrogens with two attached hydrogens (primary N) is 1. The zero-order chi connectivity index (χ0) is 14.2. The molecule has 2 aliphatic rings. The van der Waals surface area contributed by atoms with Gasteiger partial charge in [-0.25, -0.2) is 0 Å². The molecule has 1 aliphatic heterocycles. The molecule has 2 atom stereocenters. The van der Waals surface area contributed by atoms with Gasteiger partial charge in [0.1, 0.15) is 0 Å². The highest BCUT2D eigenvalue weighted by molar-refractivity contribution is 9.10. The van der Waals surface area contributed by atoms with E-state index in [0.29, 0.717) is 5.92 Å². The molecule has 20 heavy (non-hydrogen) atoms. The SMILES string of the molecule is Cc1ccc(C(N)C2CCOC3(CCCC3)C2)c(Br)c1. The highest BCUT2D eigenvalue weighted by atomic mass is 79.9. The summed E-state index contributed by atoms with van der Waals surface area (Å²) in [5.74, 6) is 0.542. The molecule has 1 saturated heterocycles. The van der Waals surface area contributed by atoms with Gasteiger partial charge in [-0.05, 0) is 55.7 Å². The summed E-state index contributed by atoms with van der Waals surface area (Å²) >= 11 is 3.68. The van der Waals surface area contributed by atoms with Crippen LogP contribution in [0.2, 0.25) is 0 Å². The number of hydrogen-bond acceptors (Lipinski definition) is 2. The second kappa shape index (κ2) is 5.78. The van der Waals surface area contributed by atoms with Crippen LogP contribution in [0, 0.1) is 12.8 Å². The van der Waals surface area contributed by atoms with Crippen LogP contribution in [0.4, 0.5) is 0 Å². The van der Waals surface area contributed by atoms with Gasteiger partial charge in [0.25, 0.3) is 0 Å². The summed E-state index contributed by atoms with van der Waals surface area (Å²) in [6, 6.07) is 6.62. The van der Waals surface area contributed by atoms with Crippen LogP contribution in [0.5, 0.6) is 0 Å². The van der Waals surface area contributed by atoms with E-state index in [0.717, 1.165) is 23.9 Å². The molecule has 1 heterocycles. The summed E-state index contributed by atoms with van der Waals surface area (Å²) in [5.41, 5.74) is 9.25. The molecule has 2 nitrogen and oxygen atoms in total. The van der Waals surface area contributed by atoms with E-state index < -0.39 is 0 Å². The first-order valence-corrected chi connectivity index (χ1v) is 8.55. The standard InChI is InChI=1S/C17H24BrNO/c1-12-4-5-14(15(18)10-12)16(19)13-6-9-20-17(11-13)7-2-3-8-17/h4-5,10,13,16H,2-3,6-9,11,19H2,1H3. The predicted octanol–water partition coefficient (Wildman–Crippen LogP) is 4.50. The van der Waals surface area contributed by atoms with Crippen LogP contribution < -0.4 is 5.73 Å². The zero-order valence-corrected chi connectivity index (χ0v) is 13.8. The van der Waals surface area contributed by atoms with Crippen LogP contribution in [0.1, 0.15) is 55.7 Å². The van der Waals surface area contributed by atoms with Crippen LogP contribution in [-0.4, -0.2) is 12.2 Å². The van der Waals surface area contributed by atoms with E-state index in [1.807, 2.05) is 0 Å². The number of rotatable bonds is 2. The predicted molar refractivity (Wildman–Crippen MR) is 85.7 cm³/mol. The summed E-state index contributed by atoms with van der Waals surface area (Å²) in [6.45, 7) is 2.99. The van der Waals surface area contributed by atoms with Gasteiger partial charge in [-0.15, -0.1) is 0 Å². The molecule has 110 valence electrons. The third-order valence-electron chi connectivity index (χ3n) is 5.07. The maximum Gasteiger partial charge on any atom is 0.0685 e. The Morgan fingerprint density at radius 1 is 1.35 bits per heavy atom. The molecule has 3 rings (SSSR count). The molecule has 2 unspecified atom stereocenters. The van der Waals surface area contributed by atoms with Crippen molar-refractivity contribution < 1.29 is 4.74 Å². The normalized spacial score (nSPS) is 26.9. The zero-order valence-electron chi connectivity index (χ0n) is 12.2. The van der Waals surface area contributed by atoms with Crippen molar-refractivity contribution in [3.8, 4) is 0 Å². The maximum absolute atomic E-state index is 6.59. The molecule has 1 spiro atoms. The van der Waals surface area contributed by atoms with E-state index in [2.05, 4.69) is 41.1 Å². The minimum absolute atomic E-state index is 0.117. The first kappa shape index (κ1) is 14.6. The molecule has 1 aromatic rings. The first-order chi connectivity index (χ1) is 9.60. The first-order valence-electron chi connectivity index (χ1n) is 7.75. The van der Waals surface area contributed by atoms with Gasteiger partial charge < -0.3 is 10.5 Å². The monoisotopic (exact) mass is 337 g/mol. The summed E-state index contributed by atoms with van der Waals surface area (Å²) in [5, 5.41) is 0. The number of halogens is 1. The number of hydrogen-bond donors (Lipinski definition) is 1. The van der Waals surface area contributed by atoms with Crippen molar-refractivity contribution in [2.75, 3.05) is 6.61 Å². The molecule has 2 fully saturated rings. The molecule has 0 bridgehead atoms. The van der Waals surface area contributed by atoms with Crippen molar-refractivity contribution in [1.29, 1.82) is 0 Å². The molecule has 3 heteroatoms. The van der Waals surface area contributed by atoms with Crippen LogP contribution >= 0.6 is 15.9 Å². The van der Waals surface area contributed by atoms with E-state index in [1.165, 1.54) is 36.8 Å². The average Bonchev–Trinajstić information content (AvgIpc) is 2.86. The van der Waals surface area contributed by atoms with Crippen molar-refractivity contribution in [2.45, 2.75) is 57.1 Å². The Kier molecular flexibility index (Phi) is 4.21.